The minimum atomic E-state index is -0.358. The molecular formula is C46H50N8O4. The average Bonchev–Trinajstić information content (AvgIpc) is 3.67. The van der Waals surface area contributed by atoms with Crippen LogP contribution in [-0.4, -0.2) is 77.2 Å². The summed E-state index contributed by atoms with van der Waals surface area (Å²) in [6.07, 6.45) is 15.4. The SMILES string of the molecule is COc1cc2nn([C@H]3CC[C@H](CN4CCC5(CC4)CCN(c4cccc6c(C7CCC(=O)NC7=O)cccc46)CC5)CC3)cc2cc1NC(=O)c1cncc(C#N)c1. The fourth-order valence-corrected chi connectivity index (χ4v) is 10.1. The second kappa shape index (κ2) is 15.9. The Kier molecular flexibility index (Phi) is 10.3. The van der Waals surface area contributed by atoms with Crippen molar-refractivity contribution in [3.63, 3.8) is 0 Å². The zero-order valence-electron chi connectivity index (χ0n) is 33.1. The fourth-order valence-electron chi connectivity index (χ4n) is 10.1. The summed E-state index contributed by atoms with van der Waals surface area (Å²) in [5, 5.41) is 22.9. The molecule has 2 N–H and O–H groups in total. The number of methoxy groups -OCH3 is 1. The van der Waals surface area contributed by atoms with E-state index in [1.807, 2.05) is 18.2 Å². The number of likely N-dealkylation sites (tertiary alicyclic amines) is 1. The molecule has 3 saturated heterocycles. The van der Waals surface area contributed by atoms with E-state index in [1.54, 1.807) is 7.11 Å². The third kappa shape index (κ3) is 7.51. The minimum Gasteiger partial charge on any atom is -0.494 e. The van der Waals surface area contributed by atoms with Crippen molar-refractivity contribution in [3.05, 3.63) is 89.9 Å². The van der Waals surface area contributed by atoms with Crippen LogP contribution < -0.4 is 20.3 Å². The normalized spacial score (nSPS) is 22.5. The largest absolute Gasteiger partial charge is 0.494 e. The lowest BCUT2D eigenvalue weighted by Crippen LogP contribution is -2.48. The van der Waals surface area contributed by atoms with E-state index < -0.39 is 0 Å². The quantitative estimate of drug-likeness (QED) is 0.155. The van der Waals surface area contributed by atoms with Crippen molar-refractivity contribution >= 4 is 50.8 Å². The Balaban J connectivity index is 0.768. The Labute approximate surface area is 338 Å². The van der Waals surface area contributed by atoms with Crippen LogP contribution in [0.4, 0.5) is 11.4 Å². The number of rotatable bonds is 8. The van der Waals surface area contributed by atoms with Crippen molar-refractivity contribution < 1.29 is 19.1 Å². The van der Waals surface area contributed by atoms with Crippen LogP contribution >= 0.6 is 0 Å². The molecule has 0 radical (unpaired) electrons. The number of aromatic nitrogens is 3. The average molecular weight is 779 g/mol. The monoisotopic (exact) mass is 778 g/mol. The van der Waals surface area contributed by atoms with Crippen LogP contribution in [0.3, 0.4) is 0 Å². The molecule has 4 aliphatic rings. The standard InChI is InChI=1S/C46H50N8O4/c1-58-42-24-39-33(23-40(42)49-44(56)32-22-31(25-47)26-48-27-32)29-54(51-39)34-10-8-30(9-11-34)28-52-18-14-46(15-19-52)16-20-53(21-17-46)41-7-3-5-35-36(4-2-6-37(35)41)38-12-13-43(55)50-45(38)57/h2-7,22-24,26-27,29-30,34,38H,8-21,28H2,1H3,(H,49,56)(H,50,55,57)/t30-,34-,38?. The Bertz CT molecular complexity index is 2410. The topological polar surface area (TPSA) is 145 Å². The summed E-state index contributed by atoms with van der Waals surface area (Å²) in [5.74, 6) is 0.220. The molecule has 2 aromatic heterocycles. The number of anilines is 2. The zero-order valence-corrected chi connectivity index (χ0v) is 33.1. The summed E-state index contributed by atoms with van der Waals surface area (Å²) in [6.45, 7) is 5.62. The number of hydrogen-bond donors (Lipinski definition) is 2. The number of amides is 3. The number of benzene rings is 3. The summed E-state index contributed by atoms with van der Waals surface area (Å²) < 4.78 is 7.73. The Hall–Kier alpha value is -5.80. The summed E-state index contributed by atoms with van der Waals surface area (Å²) >= 11 is 0. The van der Waals surface area contributed by atoms with E-state index in [0.717, 1.165) is 47.8 Å². The molecule has 5 aromatic rings. The number of piperidine rings is 3. The molecule has 12 heteroatoms. The smallest absolute Gasteiger partial charge is 0.257 e. The molecule has 4 fully saturated rings. The number of carbonyl (C=O) groups is 3. The maximum Gasteiger partial charge on any atom is 0.257 e. The van der Waals surface area contributed by atoms with Gasteiger partial charge >= 0.3 is 0 Å². The van der Waals surface area contributed by atoms with Gasteiger partial charge < -0.3 is 19.9 Å². The van der Waals surface area contributed by atoms with Crippen LogP contribution in [0.2, 0.25) is 0 Å². The van der Waals surface area contributed by atoms with Crippen LogP contribution in [-0.2, 0) is 9.59 Å². The van der Waals surface area contributed by atoms with E-state index >= 15 is 0 Å². The fraction of sp³-hybridized carbons (Fsp3) is 0.435. The Morgan fingerprint density at radius 2 is 1.71 bits per heavy atom. The molecule has 58 heavy (non-hydrogen) atoms. The molecule has 3 amide bonds. The number of pyridine rings is 1. The first kappa shape index (κ1) is 37.8. The molecule has 3 aliphatic heterocycles. The summed E-state index contributed by atoms with van der Waals surface area (Å²) in [7, 11) is 1.58. The van der Waals surface area contributed by atoms with Gasteiger partial charge in [-0.2, -0.15) is 10.4 Å². The van der Waals surface area contributed by atoms with Gasteiger partial charge in [0.1, 0.15) is 11.8 Å². The molecule has 1 spiro atoms. The van der Waals surface area contributed by atoms with E-state index in [1.165, 1.54) is 87.7 Å². The van der Waals surface area contributed by atoms with Crippen LogP contribution in [0, 0.1) is 22.7 Å². The van der Waals surface area contributed by atoms with Crippen molar-refractivity contribution in [2.45, 2.75) is 76.2 Å². The molecular weight excluding hydrogens is 729 g/mol. The number of carbonyl (C=O) groups excluding carboxylic acids is 3. The van der Waals surface area contributed by atoms with Gasteiger partial charge in [-0.15, -0.1) is 0 Å². The number of nitrogens with one attached hydrogen (secondary N) is 2. The second-order valence-corrected chi connectivity index (χ2v) is 16.9. The third-order valence-electron chi connectivity index (χ3n) is 13.6. The van der Waals surface area contributed by atoms with Gasteiger partial charge in [0.15, 0.2) is 0 Å². The molecule has 0 bridgehead atoms. The van der Waals surface area contributed by atoms with Gasteiger partial charge in [0.2, 0.25) is 11.8 Å². The number of imide groups is 1. The number of fused-ring (bicyclic) bond motifs is 2. The van der Waals surface area contributed by atoms with Crippen molar-refractivity contribution in [1.29, 1.82) is 5.26 Å². The van der Waals surface area contributed by atoms with Gasteiger partial charge in [0.05, 0.1) is 41.4 Å². The number of nitriles is 1. The highest BCUT2D eigenvalue weighted by Crippen LogP contribution is 2.44. The predicted octanol–water partition coefficient (Wildman–Crippen LogP) is 7.35. The first-order valence-corrected chi connectivity index (χ1v) is 20.8. The van der Waals surface area contributed by atoms with E-state index in [2.05, 4.69) is 72.7 Å². The molecule has 1 saturated carbocycles. The van der Waals surface area contributed by atoms with Gasteiger partial charge in [0.25, 0.3) is 5.91 Å². The lowest BCUT2D eigenvalue weighted by Gasteiger charge is -2.48. The summed E-state index contributed by atoms with van der Waals surface area (Å²) in [4.78, 5) is 46.8. The van der Waals surface area contributed by atoms with Crippen molar-refractivity contribution in [2.75, 3.05) is 50.1 Å². The molecule has 298 valence electrons. The highest BCUT2D eigenvalue weighted by Gasteiger charge is 2.39. The molecule has 1 unspecified atom stereocenters. The summed E-state index contributed by atoms with van der Waals surface area (Å²) in [6, 6.07) is 20.4. The second-order valence-electron chi connectivity index (χ2n) is 16.9. The van der Waals surface area contributed by atoms with Crippen molar-refractivity contribution in [1.82, 2.24) is 25.0 Å². The highest BCUT2D eigenvalue weighted by atomic mass is 16.5. The van der Waals surface area contributed by atoms with Gasteiger partial charge in [-0.1, -0.05) is 30.3 Å². The molecule has 3 aromatic carbocycles. The lowest BCUT2D eigenvalue weighted by molar-refractivity contribution is -0.134. The zero-order chi connectivity index (χ0) is 39.8. The molecule has 5 heterocycles. The van der Waals surface area contributed by atoms with Crippen LogP contribution in [0.15, 0.2) is 73.2 Å². The van der Waals surface area contributed by atoms with Crippen LogP contribution in [0.1, 0.15) is 97.7 Å². The molecule has 1 aliphatic carbocycles. The van der Waals surface area contributed by atoms with E-state index in [9.17, 15) is 19.6 Å². The molecule has 9 rings (SSSR count). The molecule has 12 nitrogen and oxygen atoms in total. The number of hydrogen-bond acceptors (Lipinski definition) is 9. The minimum absolute atomic E-state index is 0.177. The first-order valence-electron chi connectivity index (χ1n) is 20.8. The van der Waals surface area contributed by atoms with Gasteiger partial charge in [0, 0.05) is 67.2 Å². The lowest BCUT2D eigenvalue weighted by atomic mass is 9.71. The maximum absolute atomic E-state index is 13.0. The van der Waals surface area contributed by atoms with Crippen molar-refractivity contribution in [2.24, 2.45) is 11.3 Å². The first-order chi connectivity index (χ1) is 28.3. The Morgan fingerprint density at radius 1 is 0.948 bits per heavy atom. The van der Waals surface area contributed by atoms with Crippen molar-refractivity contribution in [3.8, 4) is 11.8 Å². The van der Waals surface area contributed by atoms with Gasteiger partial charge in [-0.3, -0.25) is 29.4 Å². The van der Waals surface area contributed by atoms with Gasteiger partial charge in [-0.05, 0) is 111 Å². The predicted molar refractivity (Wildman–Crippen MR) is 223 cm³/mol. The Morgan fingerprint density at radius 3 is 2.47 bits per heavy atom. The number of nitrogens with zero attached hydrogens (tertiary/aromatic N) is 6. The molecule has 1 atom stereocenters. The van der Waals surface area contributed by atoms with E-state index in [4.69, 9.17) is 9.84 Å². The van der Waals surface area contributed by atoms with E-state index in [0.29, 0.717) is 52.8 Å². The third-order valence-corrected chi connectivity index (χ3v) is 13.6. The summed E-state index contributed by atoms with van der Waals surface area (Å²) in [5.41, 5.74) is 4.70. The maximum atomic E-state index is 13.0. The van der Waals surface area contributed by atoms with Gasteiger partial charge in [-0.25, -0.2) is 0 Å². The number of ether oxygens (including phenoxy) is 1. The van der Waals surface area contributed by atoms with Crippen LogP contribution in [0.25, 0.3) is 21.7 Å². The highest BCUT2D eigenvalue weighted by molar-refractivity contribution is 6.06. The van der Waals surface area contributed by atoms with Crippen LogP contribution in [0.5, 0.6) is 5.75 Å². The van der Waals surface area contributed by atoms with E-state index in [-0.39, 0.29) is 23.6 Å².